The van der Waals surface area contributed by atoms with E-state index in [0.717, 1.165) is 23.0 Å². The zero-order valence-electron chi connectivity index (χ0n) is 11.3. The van der Waals surface area contributed by atoms with Gasteiger partial charge in [0.05, 0.1) is 15.5 Å². The van der Waals surface area contributed by atoms with Crippen molar-refractivity contribution in [3.63, 3.8) is 0 Å². The van der Waals surface area contributed by atoms with Gasteiger partial charge in [0.1, 0.15) is 5.82 Å². The summed E-state index contributed by atoms with van der Waals surface area (Å²) in [5.41, 5.74) is 1.05. The fourth-order valence-corrected chi connectivity index (χ4v) is 4.69. The van der Waals surface area contributed by atoms with Crippen LogP contribution in [0.2, 0.25) is 0 Å². The van der Waals surface area contributed by atoms with Crippen LogP contribution in [0.15, 0.2) is 57.9 Å². The lowest BCUT2D eigenvalue weighted by Gasteiger charge is -2.28. The van der Waals surface area contributed by atoms with Gasteiger partial charge in [-0.2, -0.15) is 0 Å². The molecule has 2 aromatic carbocycles. The molecule has 0 saturated carbocycles. The largest absolute Gasteiger partial charge is 0.315 e. The minimum Gasteiger partial charge on any atom is -0.315 e. The topological polar surface area (TPSA) is 29.1 Å². The third kappa shape index (κ3) is 2.82. The Morgan fingerprint density at radius 3 is 2.33 bits per heavy atom. The van der Waals surface area contributed by atoms with Gasteiger partial charge in [0.15, 0.2) is 0 Å². The molecule has 1 fully saturated rings. The fraction of sp³-hybridized carbons (Fsp3) is 0.250. The number of hydrogen-bond donors (Lipinski definition) is 1. The summed E-state index contributed by atoms with van der Waals surface area (Å²) < 4.78 is 26.7. The van der Waals surface area contributed by atoms with Crippen molar-refractivity contribution in [2.45, 2.75) is 16.1 Å². The van der Waals surface area contributed by atoms with Crippen LogP contribution in [0.4, 0.5) is 4.39 Å². The number of hydrogen-bond acceptors (Lipinski definition) is 2. The standard InChI is InChI=1S/C16H15BrFNOS/c17-13-3-1-12(2-4-13)16(9-10-19-11-16)21(20)15-7-5-14(18)6-8-15/h1-8,19H,9-11H2. The molecule has 0 radical (unpaired) electrons. The molecule has 1 saturated heterocycles. The van der Waals surface area contributed by atoms with E-state index in [1.807, 2.05) is 24.3 Å². The molecule has 1 N–H and O–H groups in total. The molecule has 0 spiro atoms. The molecule has 1 heterocycles. The second-order valence-corrected chi connectivity index (χ2v) is 7.86. The lowest BCUT2D eigenvalue weighted by molar-refractivity contribution is 0.611. The third-order valence-electron chi connectivity index (χ3n) is 3.87. The minimum atomic E-state index is -1.23. The van der Waals surface area contributed by atoms with E-state index in [1.54, 1.807) is 12.1 Å². The highest BCUT2D eigenvalue weighted by molar-refractivity contribution is 9.10. The van der Waals surface area contributed by atoms with E-state index >= 15 is 0 Å². The van der Waals surface area contributed by atoms with Crippen molar-refractivity contribution in [1.29, 1.82) is 0 Å². The Balaban J connectivity index is 2.02. The van der Waals surface area contributed by atoms with Crippen LogP contribution in [0.25, 0.3) is 0 Å². The molecule has 0 bridgehead atoms. The first-order valence-electron chi connectivity index (χ1n) is 6.76. The molecular weight excluding hydrogens is 353 g/mol. The van der Waals surface area contributed by atoms with Crippen LogP contribution in [0, 0.1) is 5.82 Å². The molecule has 0 aliphatic carbocycles. The van der Waals surface area contributed by atoms with Crippen molar-refractivity contribution in [3.05, 3.63) is 64.4 Å². The molecule has 2 nitrogen and oxygen atoms in total. The van der Waals surface area contributed by atoms with Crippen LogP contribution in [0.3, 0.4) is 0 Å². The van der Waals surface area contributed by atoms with Gasteiger partial charge < -0.3 is 5.32 Å². The molecule has 5 heteroatoms. The molecule has 3 rings (SSSR count). The van der Waals surface area contributed by atoms with E-state index < -0.39 is 15.5 Å². The number of rotatable bonds is 3. The van der Waals surface area contributed by atoms with Gasteiger partial charge in [0, 0.05) is 15.9 Å². The van der Waals surface area contributed by atoms with Crippen molar-refractivity contribution in [3.8, 4) is 0 Å². The molecule has 2 aromatic rings. The molecule has 0 amide bonds. The predicted molar refractivity (Wildman–Crippen MR) is 86.1 cm³/mol. The van der Waals surface area contributed by atoms with Gasteiger partial charge in [-0.25, -0.2) is 4.39 Å². The summed E-state index contributed by atoms with van der Waals surface area (Å²) in [5.74, 6) is -0.307. The van der Waals surface area contributed by atoms with Crippen molar-refractivity contribution in [1.82, 2.24) is 5.32 Å². The summed E-state index contributed by atoms with van der Waals surface area (Å²) in [4.78, 5) is 0.669. The molecule has 110 valence electrons. The van der Waals surface area contributed by atoms with Gasteiger partial charge in [-0.1, -0.05) is 28.1 Å². The molecule has 1 aliphatic rings. The summed E-state index contributed by atoms with van der Waals surface area (Å²) in [7, 11) is -1.23. The quantitative estimate of drug-likeness (QED) is 0.897. The van der Waals surface area contributed by atoms with Crippen molar-refractivity contribution >= 4 is 26.7 Å². The van der Waals surface area contributed by atoms with Crippen LogP contribution in [0.5, 0.6) is 0 Å². The Morgan fingerprint density at radius 2 is 1.76 bits per heavy atom. The lowest BCUT2D eigenvalue weighted by Crippen LogP contribution is -2.34. The zero-order chi connectivity index (χ0) is 14.9. The molecule has 1 aliphatic heterocycles. The maximum Gasteiger partial charge on any atom is 0.123 e. The van der Waals surface area contributed by atoms with E-state index in [1.165, 1.54) is 12.1 Å². The summed E-state index contributed by atoms with van der Waals surface area (Å²) in [6, 6.07) is 13.9. The van der Waals surface area contributed by atoms with E-state index in [0.29, 0.717) is 11.4 Å². The van der Waals surface area contributed by atoms with Crippen LogP contribution in [-0.2, 0) is 15.5 Å². The summed E-state index contributed by atoms with van der Waals surface area (Å²) in [5, 5.41) is 3.31. The van der Waals surface area contributed by atoms with Crippen molar-refractivity contribution < 1.29 is 8.60 Å². The average molecular weight is 368 g/mol. The maximum atomic E-state index is 13.1. The van der Waals surface area contributed by atoms with Crippen molar-refractivity contribution in [2.24, 2.45) is 0 Å². The van der Waals surface area contributed by atoms with Crippen LogP contribution < -0.4 is 5.32 Å². The van der Waals surface area contributed by atoms with Gasteiger partial charge >= 0.3 is 0 Å². The Morgan fingerprint density at radius 1 is 1.10 bits per heavy atom. The van der Waals surface area contributed by atoms with E-state index in [4.69, 9.17) is 0 Å². The zero-order valence-corrected chi connectivity index (χ0v) is 13.7. The fourth-order valence-electron chi connectivity index (χ4n) is 2.72. The summed E-state index contributed by atoms with van der Waals surface area (Å²) in [6.07, 6.45) is 0.804. The highest BCUT2D eigenvalue weighted by atomic mass is 79.9. The Hall–Kier alpha value is -1.04. The minimum absolute atomic E-state index is 0.307. The molecule has 0 aromatic heterocycles. The third-order valence-corrected chi connectivity index (χ3v) is 6.39. The number of benzene rings is 2. The number of nitrogens with one attached hydrogen (secondary N) is 1. The first-order chi connectivity index (χ1) is 10.1. The molecule has 2 atom stereocenters. The highest BCUT2D eigenvalue weighted by Crippen LogP contribution is 2.38. The molecule has 2 unspecified atom stereocenters. The predicted octanol–water partition coefficient (Wildman–Crippen LogP) is 3.58. The monoisotopic (exact) mass is 367 g/mol. The van der Waals surface area contributed by atoms with E-state index in [9.17, 15) is 8.60 Å². The molecular formula is C16H15BrFNOS. The van der Waals surface area contributed by atoms with E-state index in [-0.39, 0.29) is 5.82 Å². The second-order valence-electron chi connectivity index (χ2n) is 5.15. The van der Waals surface area contributed by atoms with Crippen LogP contribution in [0.1, 0.15) is 12.0 Å². The van der Waals surface area contributed by atoms with Crippen LogP contribution in [-0.4, -0.2) is 17.3 Å². The van der Waals surface area contributed by atoms with Gasteiger partial charge in [-0.15, -0.1) is 0 Å². The van der Waals surface area contributed by atoms with Crippen LogP contribution >= 0.6 is 15.9 Å². The van der Waals surface area contributed by atoms with Gasteiger partial charge in [-0.05, 0) is 54.9 Å². The van der Waals surface area contributed by atoms with E-state index in [2.05, 4.69) is 21.2 Å². The first kappa shape index (κ1) is 14.9. The Bertz CT molecular complexity index is 651. The lowest BCUT2D eigenvalue weighted by atomic mass is 9.97. The van der Waals surface area contributed by atoms with Gasteiger partial charge in [-0.3, -0.25) is 4.21 Å². The van der Waals surface area contributed by atoms with Gasteiger partial charge in [0.25, 0.3) is 0 Å². The average Bonchev–Trinajstić information content (AvgIpc) is 2.99. The normalized spacial score (nSPS) is 23.1. The molecule has 21 heavy (non-hydrogen) atoms. The SMILES string of the molecule is O=S(c1ccc(F)cc1)C1(c2ccc(Br)cc2)CCNC1. The Labute approximate surface area is 134 Å². The Kier molecular flexibility index (Phi) is 4.24. The second kappa shape index (κ2) is 5.99. The summed E-state index contributed by atoms with van der Waals surface area (Å²) in [6.45, 7) is 1.50. The summed E-state index contributed by atoms with van der Waals surface area (Å²) >= 11 is 3.43. The van der Waals surface area contributed by atoms with Gasteiger partial charge in [0.2, 0.25) is 0 Å². The first-order valence-corrected chi connectivity index (χ1v) is 8.70. The van der Waals surface area contributed by atoms with Crippen molar-refractivity contribution in [2.75, 3.05) is 13.1 Å². The maximum absolute atomic E-state index is 13.1. The highest BCUT2D eigenvalue weighted by Gasteiger charge is 2.42. The number of halogens is 2. The smallest absolute Gasteiger partial charge is 0.123 e.